The summed E-state index contributed by atoms with van der Waals surface area (Å²) in [4.78, 5) is 11.9. The number of benzene rings is 2. The van der Waals surface area contributed by atoms with Gasteiger partial charge in [-0.15, -0.1) is 0 Å². The summed E-state index contributed by atoms with van der Waals surface area (Å²) in [5, 5.41) is 2.77. The molecule has 5 heteroatoms. The van der Waals surface area contributed by atoms with Gasteiger partial charge in [0.15, 0.2) is 0 Å². The van der Waals surface area contributed by atoms with Crippen molar-refractivity contribution in [1.29, 1.82) is 0 Å². The van der Waals surface area contributed by atoms with E-state index in [0.717, 1.165) is 11.4 Å². The van der Waals surface area contributed by atoms with Gasteiger partial charge in [0, 0.05) is 18.2 Å². The fraction of sp³-hybridized carbons (Fsp3) is 0.235. The van der Waals surface area contributed by atoms with Gasteiger partial charge in [0.25, 0.3) is 0 Å². The van der Waals surface area contributed by atoms with Crippen LogP contribution >= 0.6 is 0 Å². The van der Waals surface area contributed by atoms with Crippen molar-refractivity contribution < 1.29 is 14.3 Å². The Balaban J connectivity index is 1.77. The molecule has 0 spiro atoms. The highest BCUT2D eigenvalue weighted by molar-refractivity contribution is 5.94. The Hall–Kier alpha value is -2.53. The minimum absolute atomic E-state index is 0.222. The average molecular weight is 300 g/mol. The van der Waals surface area contributed by atoms with Gasteiger partial charge < -0.3 is 20.5 Å². The van der Waals surface area contributed by atoms with Crippen molar-refractivity contribution in [3.8, 4) is 11.5 Å². The predicted molar refractivity (Wildman–Crippen MR) is 86.2 cm³/mol. The molecule has 116 valence electrons. The Morgan fingerprint density at radius 2 is 1.86 bits per heavy atom. The van der Waals surface area contributed by atoms with Crippen LogP contribution in [0.3, 0.4) is 0 Å². The number of nitrogens with one attached hydrogen (secondary N) is 1. The number of nitrogens with two attached hydrogens (primary N) is 1. The van der Waals surface area contributed by atoms with Gasteiger partial charge in [0.05, 0.1) is 19.8 Å². The molecule has 1 atom stereocenters. The van der Waals surface area contributed by atoms with Gasteiger partial charge in [-0.25, -0.2) is 0 Å². The number of carbonyl (C=O) groups excluding carboxylic acids is 1. The summed E-state index contributed by atoms with van der Waals surface area (Å²) in [5.41, 5.74) is 6.60. The fourth-order valence-electron chi connectivity index (χ4n) is 1.88. The molecule has 0 fully saturated rings. The van der Waals surface area contributed by atoms with Crippen LogP contribution < -0.4 is 20.5 Å². The molecule has 0 saturated heterocycles. The van der Waals surface area contributed by atoms with Crippen molar-refractivity contribution in [3.05, 3.63) is 54.6 Å². The third kappa shape index (κ3) is 4.79. The maximum absolute atomic E-state index is 11.9. The van der Waals surface area contributed by atoms with E-state index in [1.165, 1.54) is 0 Å². The summed E-state index contributed by atoms with van der Waals surface area (Å²) < 4.78 is 10.7. The molecule has 2 rings (SSSR count). The van der Waals surface area contributed by atoms with Gasteiger partial charge >= 0.3 is 0 Å². The Morgan fingerprint density at radius 1 is 1.14 bits per heavy atom. The molecule has 0 heterocycles. The number of rotatable bonds is 7. The van der Waals surface area contributed by atoms with Crippen molar-refractivity contribution >= 4 is 11.6 Å². The zero-order chi connectivity index (χ0) is 15.8. The monoisotopic (exact) mass is 300 g/mol. The lowest BCUT2D eigenvalue weighted by Crippen LogP contribution is -2.36. The summed E-state index contributed by atoms with van der Waals surface area (Å²) in [6.45, 7) is 0.358. The fourth-order valence-corrected chi connectivity index (χ4v) is 1.88. The number of carbonyl (C=O) groups is 1. The number of para-hydroxylation sites is 1. The normalized spacial score (nSPS) is 11.5. The first-order valence-corrected chi connectivity index (χ1v) is 7.07. The molecule has 2 aromatic rings. The van der Waals surface area contributed by atoms with Crippen LogP contribution in [0, 0.1) is 0 Å². The van der Waals surface area contributed by atoms with Crippen LogP contribution in [0.25, 0.3) is 0 Å². The number of hydrogen-bond donors (Lipinski definition) is 2. The molecule has 0 aliphatic heterocycles. The van der Waals surface area contributed by atoms with E-state index in [4.69, 9.17) is 15.2 Å². The highest BCUT2D eigenvalue weighted by Gasteiger charge is 2.13. The first kappa shape index (κ1) is 15.9. The summed E-state index contributed by atoms with van der Waals surface area (Å²) in [6.07, 6.45) is 0.426. The molecule has 0 aromatic heterocycles. The third-order valence-corrected chi connectivity index (χ3v) is 3.12. The van der Waals surface area contributed by atoms with Crippen LogP contribution in [0.15, 0.2) is 54.6 Å². The Kier molecular flexibility index (Phi) is 5.80. The van der Waals surface area contributed by atoms with Crippen LogP contribution in [0.1, 0.15) is 6.42 Å². The topological polar surface area (TPSA) is 73.6 Å². The largest absolute Gasteiger partial charge is 0.497 e. The standard InChI is InChI=1S/C17H20N2O3/c1-21-14-8-5-9-15(12-14)22-11-10-16(18)17(20)19-13-6-3-2-4-7-13/h2-9,12,16H,10-11,18H2,1H3,(H,19,20). The second-order valence-corrected chi connectivity index (χ2v) is 4.78. The van der Waals surface area contributed by atoms with Crippen molar-refractivity contribution in [3.63, 3.8) is 0 Å². The number of hydrogen-bond acceptors (Lipinski definition) is 4. The molecule has 0 aliphatic rings. The van der Waals surface area contributed by atoms with E-state index in [9.17, 15) is 4.79 Å². The highest BCUT2D eigenvalue weighted by Crippen LogP contribution is 2.19. The smallest absolute Gasteiger partial charge is 0.241 e. The van der Waals surface area contributed by atoms with E-state index in [0.29, 0.717) is 18.8 Å². The quantitative estimate of drug-likeness (QED) is 0.823. The second-order valence-electron chi connectivity index (χ2n) is 4.78. The molecule has 2 aromatic carbocycles. The van der Waals surface area contributed by atoms with E-state index in [1.54, 1.807) is 13.2 Å². The van der Waals surface area contributed by atoms with Crippen molar-refractivity contribution in [2.75, 3.05) is 19.0 Å². The summed E-state index contributed by atoms with van der Waals surface area (Å²) >= 11 is 0. The maximum atomic E-state index is 11.9. The summed E-state index contributed by atoms with van der Waals surface area (Å²) in [6, 6.07) is 15.9. The number of methoxy groups -OCH3 is 1. The van der Waals surface area contributed by atoms with Crippen LogP contribution in [0.5, 0.6) is 11.5 Å². The first-order chi connectivity index (χ1) is 10.7. The SMILES string of the molecule is COc1cccc(OCCC(N)C(=O)Nc2ccccc2)c1. The van der Waals surface area contributed by atoms with E-state index < -0.39 is 6.04 Å². The van der Waals surface area contributed by atoms with E-state index in [1.807, 2.05) is 48.5 Å². The highest BCUT2D eigenvalue weighted by atomic mass is 16.5. The Morgan fingerprint density at radius 3 is 2.59 bits per heavy atom. The number of amides is 1. The summed E-state index contributed by atoms with van der Waals surface area (Å²) in [7, 11) is 1.60. The second kappa shape index (κ2) is 8.05. The zero-order valence-electron chi connectivity index (χ0n) is 12.5. The third-order valence-electron chi connectivity index (χ3n) is 3.12. The lowest BCUT2D eigenvalue weighted by Gasteiger charge is -2.13. The van der Waals surface area contributed by atoms with Gasteiger partial charge in [-0.05, 0) is 24.3 Å². The van der Waals surface area contributed by atoms with Gasteiger partial charge in [-0.1, -0.05) is 24.3 Å². The lowest BCUT2D eigenvalue weighted by atomic mass is 10.2. The molecule has 1 unspecified atom stereocenters. The van der Waals surface area contributed by atoms with Gasteiger partial charge in [-0.3, -0.25) is 4.79 Å². The molecular weight excluding hydrogens is 280 g/mol. The van der Waals surface area contributed by atoms with E-state index in [-0.39, 0.29) is 5.91 Å². The average Bonchev–Trinajstić information content (AvgIpc) is 2.56. The molecule has 0 saturated carbocycles. The predicted octanol–water partition coefficient (Wildman–Crippen LogP) is 2.43. The van der Waals surface area contributed by atoms with Gasteiger partial charge in [0.2, 0.25) is 5.91 Å². The molecule has 0 bridgehead atoms. The van der Waals surface area contributed by atoms with Crippen molar-refractivity contribution in [1.82, 2.24) is 0 Å². The zero-order valence-corrected chi connectivity index (χ0v) is 12.5. The van der Waals surface area contributed by atoms with Gasteiger partial charge in [-0.2, -0.15) is 0 Å². The Bertz CT molecular complexity index is 602. The Labute approximate surface area is 130 Å². The molecule has 1 amide bonds. The lowest BCUT2D eigenvalue weighted by molar-refractivity contribution is -0.117. The number of anilines is 1. The van der Waals surface area contributed by atoms with Crippen LogP contribution in [0.2, 0.25) is 0 Å². The number of ether oxygens (including phenoxy) is 2. The van der Waals surface area contributed by atoms with Crippen LogP contribution in [-0.4, -0.2) is 25.7 Å². The minimum atomic E-state index is -0.620. The van der Waals surface area contributed by atoms with Crippen LogP contribution in [-0.2, 0) is 4.79 Å². The summed E-state index contributed by atoms with van der Waals surface area (Å²) in [5.74, 6) is 1.19. The van der Waals surface area contributed by atoms with Gasteiger partial charge in [0.1, 0.15) is 11.5 Å². The minimum Gasteiger partial charge on any atom is -0.497 e. The van der Waals surface area contributed by atoms with Crippen molar-refractivity contribution in [2.45, 2.75) is 12.5 Å². The first-order valence-electron chi connectivity index (χ1n) is 7.07. The maximum Gasteiger partial charge on any atom is 0.241 e. The van der Waals surface area contributed by atoms with Crippen LogP contribution in [0.4, 0.5) is 5.69 Å². The molecular formula is C17H20N2O3. The molecule has 5 nitrogen and oxygen atoms in total. The molecule has 22 heavy (non-hydrogen) atoms. The van der Waals surface area contributed by atoms with E-state index in [2.05, 4.69) is 5.32 Å². The van der Waals surface area contributed by atoms with Crippen molar-refractivity contribution in [2.24, 2.45) is 5.73 Å². The molecule has 0 aliphatic carbocycles. The molecule has 3 N–H and O–H groups in total. The molecule has 0 radical (unpaired) electrons. The van der Waals surface area contributed by atoms with E-state index >= 15 is 0 Å².